The smallest absolute Gasteiger partial charge is 0.372 e. The van der Waals surface area contributed by atoms with Gasteiger partial charge in [-0.25, -0.2) is 4.98 Å². The summed E-state index contributed by atoms with van der Waals surface area (Å²) in [5.41, 5.74) is 1.87. The first-order chi connectivity index (χ1) is 9.85. The highest BCUT2D eigenvalue weighted by atomic mass is 79.9. The van der Waals surface area contributed by atoms with E-state index in [-0.39, 0.29) is 6.61 Å². The van der Waals surface area contributed by atoms with Crippen molar-refractivity contribution >= 4 is 27.3 Å². The summed E-state index contributed by atoms with van der Waals surface area (Å²) in [6.07, 6.45) is -3.89. The molecule has 114 valence electrons. The van der Waals surface area contributed by atoms with Gasteiger partial charge in [0.05, 0.1) is 17.3 Å². The van der Waals surface area contributed by atoms with Crippen molar-refractivity contribution in [3.8, 4) is 11.3 Å². The molecule has 2 aromatic rings. The van der Waals surface area contributed by atoms with Gasteiger partial charge >= 0.3 is 6.18 Å². The van der Waals surface area contributed by atoms with E-state index < -0.39 is 12.8 Å². The molecule has 0 bridgehead atoms. The van der Waals surface area contributed by atoms with E-state index in [0.29, 0.717) is 6.42 Å². The summed E-state index contributed by atoms with van der Waals surface area (Å²) in [6.45, 7) is 0.762. The van der Waals surface area contributed by atoms with Crippen LogP contribution in [0.3, 0.4) is 0 Å². The lowest BCUT2D eigenvalue weighted by Crippen LogP contribution is -2.17. The lowest BCUT2D eigenvalue weighted by molar-refractivity contribution is -0.173. The van der Waals surface area contributed by atoms with Gasteiger partial charge in [0.15, 0.2) is 0 Å². The van der Waals surface area contributed by atoms with Crippen molar-refractivity contribution in [1.82, 2.24) is 4.98 Å². The maximum absolute atomic E-state index is 12.0. The van der Waals surface area contributed by atoms with Crippen LogP contribution >= 0.6 is 27.3 Å². The summed E-state index contributed by atoms with van der Waals surface area (Å²) in [5.74, 6) is 0. The van der Waals surface area contributed by atoms with E-state index in [1.807, 2.05) is 31.2 Å². The lowest BCUT2D eigenvalue weighted by Gasteiger charge is -2.06. The first-order valence-corrected chi connectivity index (χ1v) is 7.83. The van der Waals surface area contributed by atoms with Gasteiger partial charge in [0.1, 0.15) is 6.61 Å². The molecule has 0 aliphatic carbocycles. The van der Waals surface area contributed by atoms with E-state index in [2.05, 4.69) is 25.7 Å². The fourth-order valence-electron chi connectivity index (χ4n) is 1.78. The van der Waals surface area contributed by atoms with Gasteiger partial charge in [-0.15, -0.1) is 11.3 Å². The van der Waals surface area contributed by atoms with Crippen molar-refractivity contribution in [3.05, 3.63) is 38.6 Å². The van der Waals surface area contributed by atoms with Gasteiger partial charge in [-0.1, -0.05) is 28.1 Å². The van der Waals surface area contributed by atoms with Crippen LogP contribution in [0.25, 0.3) is 11.3 Å². The third kappa shape index (κ3) is 5.09. The van der Waals surface area contributed by atoms with Crippen molar-refractivity contribution in [2.45, 2.75) is 19.5 Å². The van der Waals surface area contributed by atoms with Crippen LogP contribution in [0.4, 0.5) is 13.2 Å². The van der Waals surface area contributed by atoms with E-state index in [1.165, 1.54) is 11.3 Å². The van der Waals surface area contributed by atoms with Crippen LogP contribution in [0.2, 0.25) is 0 Å². The second-order valence-corrected chi connectivity index (χ2v) is 6.64. The van der Waals surface area contributed by atoms with E-state index >= 15 is 0 Å². The Kier molecular flexibility index (Phi) is 5.40. The Hall–Kier alpha value is -0.920. The first-order valence-electron chi connectivity index (χ1n) is 6.22. The van der Waals surface area contributed by atoms with E-state index in [0.717, 1.165) is 25.6 Å². The fraction of sp³-hybridized carbons (Fsp3) is 0.357. The summed E-state index contributed by atoms with van der Waals surface area (Å²) >= 11 is 4.86. The maximum atomic E-state index is 12.0. The van der Waals surface area contributed by atoms with Gasteiger partial charge in [-0.2, -0.15) is 13.2 Å². The zero-order valence-electron chi connectivity index (χ0n) is 11.2. The highest BCUT2D eigenvalue weighted by molar-refractivity contribution is 9.10. The number of hydrogen-bond donors (Lipinski definition) is 0. The van der Waals surface area contributed by atoms with Crippen LogP contribution in [0.15, 0.2) is 28.7 Å². The molecule has 0 unspecified atom stereocenters. The Bertz CT molecular complexity index is 595. The number of aromatic nitrogens is 1. The zero-order valence-corrected chi connectivity index (χ0v) is 13.6. The topological polar surface area (TPSA) is 22.1 Å². The normalized spacial score (nSPS) is 11.9. The third-order valence-electron chi connectivity index (χ3n) is 2.68. The van der Waals surface area contributed by atoms with Gasteiger partial charge in [0, 0.05) is 21.3 Å². The summed E-state index contributed by atoms with van der Waals surface area (Å²) in [5, 5.41) is 0.785. The molecular formula is C14H13BrF3NOS. The average Bonchev–Trinajstić information content (AvgIpc) is 2.76. The number of hydrogen-bond acceptors (Lipinski definition) is 3. The third-order valence-corrected chi connectivity index (χ3v) is 4.24. The molecule has 0 saturated carbocycles. The standard InChI is InChI=1S/C14H13BrF3NOS/c1-9-13(10-2-4-11(15)5-3-10)19-12(21-9)6-7-20-8-14(16,17)18/h2-5H,6-8H2,1H3. The molecular weight excluding hydrogens is 367 g/mol. The number of thiazole rings is 1. The maximum Gasteiger partial charge on any atom is 0.411 e. The number of benzene rings is 1. The first kappa shape index (κ1) is 16.5. The highest BCUT2D eigenvalue weighted by Gasteiger charge is 2.27. The van der Waals surface area contributed by atoms with Crippen LogP contribution in [-0.2, 0) is 11.2 Å². The van der Waals surface area contributed by atoms with Crippen molar-refractivity contribution in [1.29, 1.82) is 0 Å². The molecule has 1 heterocycles. The van der Waals surface area contributed by atoms with Crippen LogP contribution < -0.4 is 0 Å². The van der Waals surface area contributed by atoms with Crippen molar-refractivity contribution < 1.29 is 17.9 Å². The zero-order chi connectivity index (χ0) is 15.5. The molecule has 2 rings (SSSR count). The molecule has 7 heteroatoms. The Morgan fingerprint density at radius 1 is 1.24 bits per heavy atom. The molecule has 0 N–H and O–H groups in total. The molecule has 1 aromatic carbocycles. The van der Waals surface area contributed by atoms with Crippen LogP contribution in [-0.4, -0.2) is 24.4 Å². The molecule has 21 heavy (non-hydrogen) atoms. The molecule has 0 aliphatic rings. The molecule has 0 atom stereocenters. The highest BCUT2D eigenvalue weighted by Crippen LogP contribution is 2.28. The summed E-state index contributed by atoms with van der Waals surface area (Å²) < 4.78 is 41.5. The van der Waals surface area contributed by atoms with E-state index in [4.69, 9.17) is 0 Å². The second-order valence-electron chi connectivity index (χ2n) is 4.44. The lowest BCUT2D eigenvalue weighted by atomic mass is 10.1. The van der Waals surface area contributed by atoms with E-state index in [9.17, 15) is 13.2 Å². The number of alkyl halides is 3. The minimum atomic E-state index is -4.28. The largest absolute Gasteiger partial charge is 0.411 e. The number of aryl methyl sites for hydroxylation is 1. The number of nitrogens with zero attached hydrogens (tertiary/aromatic N) is 1. The van der Waals surface area contributed by atoms with Gasteiger partial charge in [0.2, 0.25) is 0 Å². The average molecular weight is 380 g/mol. The van der Waals surface area contributed by atoms with Crippen molar-refractivity contribution in [3.63, 3.8) is 0 Å². The fourth-order valence-corrected chi connectivity index (χ4v) is 2.98. The van der Waals surface area contributed by atoms with Gasteiger partial charge in [-0.3, -0.25) is 0 Å². The Balaban J connectivity index is 1.97. The van der Waals surface area contributed by atoms with Gasteiger partial charge in [0.25, 0.3) is 0 Å². The van der Waals surface area contributed by atoms with Crippen LogP contribution in [0.1, 0.15) is 9.88 Å². The predicted octanol–water partition coefficient (Wildman–Crippen LogP) is 5.00. The SMILES string of the molecule is Cc1sc(CCOCC(F)(F)F)nc1-c1ccc(Br)cc1. The Labute approximate surface area is 133 Å². The van der Waals surface area contributed by atoms with Crippen LogP contribution in [0.5, 0.6) is 0 Å². The quantitative estimate of drug-likeness (QED) is 0.681. The summed E-state index contributed by atoms with van der Waals surface area (Å²) in [6, 6.07) is 7.77. The molecule has 0 aliphatic heterocycles. The number of ether oxygens (including phenoxy) is 1. The van der Waals surface area contributed by atoms with Crippen molar-refractivity contribution in [2.75, 3.05) is 13.2 Å². The molecule has 0 spiro atoms. The molecule has 2 nitrogen and oxygen atoms in total. The number of halogens is 4. The Morgan fingerprint density at radius 3 is 2.52 bits per heavy atom. The molecule has 1 aromatic heterocycles. The van der Waals surface area contributed by atoms with Gasteiger partial charge in [-0.05, 0) is 19.1 Å². The monoisotopic (exact) mass is 379 g/mol. The summed E-state index contributed by atoms with van der Waals surface area (Å²) in [7, 11) is 0. The predicted molar refractivity (Wildman–Crippen MR) is 80.6 cm³/mol. The minimum absolute atomic E-state index is 0.0201. The molecule has 0 amide bonds. The molecule has 0 fully saturated rings. The second kappa shape index (κ2) is 6.89. The number of rotatable bonds is 5. The van der Waals surface area contributed by atoms with Crippen LogP contribution in [0, 0.1) is 6.92 Å². The van der Waals surface area contributed by atoms with E-state index in [1.54, 1.807) is 0 Å². The minimum Gasteiger partial charge on any atom is -0.372 e. The molecule has 0 radical (unpaired) electrons. The Morgan fingerprint density at radius 2 is 1.90 bits per heavy atom. The molecule has 0 saturated heterocycles. The summed E-state index contributed by atoms with van der Waals surface area (Å²) in [4.78, 5) is 5.53. The van der Waals surface area contributed by atoms with Gasteiger partial charge < -0.3 is 4.74 Å². The van der Waals surface area contributed by atoms with Crippen molar-refractivity contribution in [2.24, 2.45) is 0 Å².